The minimum atomic E-state index is -0.588. The summed E-state index contributed by atoms with van der Waals surface area (Å²) in [6.07, 6.45) is 1.90. The molecule has 0 aliphatic carbocycles. The van der Waals surface area contributed by atoms with Crippen LogP contribution in [0.25, 0.3) is 0 Å². The zero-order valence-corrected chi connectivity index (χ0v) is 15.9. The Kier molecular flexibility index (Phi) is 5.17. The molecule has 4 nitrogen and oxygen atoms in total. The lowest BCUT2D eigenvalue weighted by Gasteiger charge is -2.32. The summed E-state index contributed by atoms with van der Waals surface area (Å²) in [6, 6.07) is 10.0. The third kappa shape index (κ3) is 3.54. The van der Waals surface area contributed by atoms with Crippen LogP contribution in [0.15, 0.2) is 42.5 Å². The number of halogens is 3. The van der Waals surface area contributed by atoms with Gasteiger partial charge in [-0.05, 0) is 41.8 Å². The van der Waals surface area contributed by atoms with E-state index in [9.17, 15) is 18.4 Å². The highest BCUT2D eigenvalue weighted by atomic mass is 35.5. The van der Waals surface area contributed by atoms with Gasteiger partial charge in [-0.1, -0.05) is 23.7 Å². The molecule has 2 aromatic carbocycles. The molecule has 1 atom stereocenters. The summed E-state index contributed by atoms with van der Waals surface area (Å²) in [6.45, 7) is 1.54. The minimum Gasteiger partial charge on any atom is -0.324 e. The number of rotatable bonds is 3. The van der Waals surface area contributed by atoms with Crippen molar-refractivity contribution < 1.29 is 23.3 Å². The first-order valence-corrected chi connectivity index (χ1v) is 9.73. The molecule has 0 bridgehead atoms. The van der Waals surface area contributed by atoms with E-state index in [2.05, 4.69) is 0 Å². The summed E-state index contributed by atoms with van der Waals surface area (Å²) in [5, 5.41) is -0.117. The van der Waals surface area contributed by atoms with Gasteiger partial charge in [0.15, 0.2) is 6.04 Å². The normalized spacial score (nSPS) is 25.4. The zero-order chi connectivity index (χ0) is 19.8. The SMILES string of the molecule is O=C1C[C@@H]([NH+]2CCC(c3ccc(F)cc3)CC2)C(=O)N1c1ccc(F)c(Cl)c1. The second-order valence-corrected chi connectivity index (χ2v) is 7.81. The van der Waals surface area contributed by atoms with Crippen molar-refractivity contribution in [3.8, 4) is 0 Å². The van der Waals surface area contributed by atoms with Crippen molar-refractivity contribution in [3.05, 3.63) is 64.7 Å². The van der Waals surface area contributed by atoms with E-state index >= 15 is 0 Å². The summed E-state index contributed by atoms with van der Waals surface area (Å²) in [5.74, 6) is -1.05. The van der Waals surface area contributed by atoms with Crippen molar-refractivity contribution in [1.29, 1.82) is 0 Å². The van der Waals surface area contributed by atoms with Gasteiger partial charge in [0.1, 0.15) is 11.6 Å². The number of quaternary nitrogens is 1. The molecule has 7 heteroatoms. The van der Waals surface area contributed by atoms with Crippen LogP contribution >= 0.6 is 11.6 Å². The molecule has 2 aliphatic rings. The molecular weight excluding hydrogens is 386 g/mol. The third-order valence-corrected chi connectivity index (χ3v) is 6.06. The van der Waals surface area contributed by atoms with Crippen molar-refractivity contribution in [2.24, 2.45) is 0 Å². The van der Waals surface area contributed by atoms with E-state index in [-0.39, 0.29) is 29.1 Å². The van der Waals surface area contributed by atoms with E-state index in [0.717, 1.165) is 47.4 Å². The molecule has 2 saturated heterocycles. The number of imide groups is 1. The Bertz CT molecular complexity index is 911. The number of nitrogens with zero attached hydrogens (tertiary/aromatic N) is 1. The average molecular weight is 406 g/mol. The standard InChI is InChI=1S/C21H19ClF2N2O2/c22-17-11-16(5-6-18(17)24)26-20(27)12-19(21(26)28)25-9-7-14(8-10-25)13-1-3-15(23)4-2-13/h1-6,11,14,19H,7-10,12H2/p+1/t19-/m1/s1. The van der Waals surface area contributed by atoms with Crippen molar-refractivity contribution >= 4 is 29.1 Å². The maximum atomic E-state index is 13.4. The van der Waals surface area contributed by atoms with E-state index < -0.39 is 11.9 Å². The van der Waals surface area contributed by atoms with Gasteiger partial charge in [-0.2, -0.15) is 0 Å². The number of likely N-dealkylation sites (tertiary alicyclic amines) is 1. The first-order chi connectivity index (χ1) is 13.4. The van der Waals surface area contributed by atoms with Crippen LogP contribution in [0.5, 0.6) is 0 Å². The van der Waals surface area contributed by atoms with E-state index in [1.54, 1.807) is 0 Å². The smallest absolute Gasteiger partial charge is 0.292 e. The Labute approximate surface area is 166 Å². The number of nitrogens with one attached hydrogen (secondary N) is 1. The predicted octanol–water partition coefficient (Wildman–Crippen LogP) is 2.71. The first kappa shape index (κ1) is 19.0. The Morgan fingerprint density at radius 1 is 1.00 bits per heavy atom. The monoisotopic (exact) mass is 405 g/mol. The maximum Gasteiger partial charge on any atom is 0.292 e. The van der Waals surface area contributed by atoms with Gasteiger partial charge in [0, 0.05) is 12.8 Å². The Balaban J connectivity index is 1.44. The second kappa shape index (κ2) is 7.60. The Hall–Kier alpha value is -2.31. The van der Waals surface area contributed by atoms with Crippen molar-refractivity contribution in [2.45, 2.75) is 31.2 Å². The van der Waals surface area contributed by atoms with Gasteiger partial charge in [-0.15, -0.1) is 0 Å². The van der Waals surface area contributed by atoms with Crippen molar-refractivity contribution in [2.75, 3.05) is 18.0 Å². The molecule has 146 valence electrons. The Morgan fingerprint density at radius 3 is 2.32 bits per heavy atom. The summed E-state index contributed by atoms with van der Waals surface area (Å²) in [7, 11) is 0. The molecule has 2 amide bonds. The van der Waals surface area contributed by atoms with Crippen molar-refractivity contribution in [1.82, 2.24) is 0 Å². The highest BCUT2D eigenvalue weighted by molar-refractivity contribution is 6.31. The highest BCUT2D eigenvalue weighted by Crippen LogP contribution is 2.28. The van der Waals surface area contributed by atoms with Crippen LogP contribution in [0.3, 0.4) is 0 Å². The molecule has 2 aromatic rings. The summed E-state index contributed by atoms with van der Waals surface area (Å²) in [4.78, 5) is 27.6. The van der Waals surface area contributed by atoms with Crippen molar-refractivity contribution in [3.63, 3.8) is 0 Å². The number of hydrogen-bond donors (Lipinski definition) is 1. The Morgan fingerprint density at radius 2 is 1.68 bits per heavy atom. The fourth-order valence-electron chi connectivity index (χ4n) is 4.25. The molecule has 2 heterocycles. The number of hydrogen-bond acceptors (Lipinski definition) is 2. The lowest BCUT2D eigenvalue weighted by atomic mass is 9.89. The van der Waals surface area contributed by atoms with Crippen LogP contribution in [0.2, 0.25) is 5.02 Å². The molecule has 0 aromatic heterocycles. The van der Waals surface area contributed by atoms with Gasteiger partial charge in [0.25, 0.3) is 5.91 Å². The lowest BCUT2D eigenvalue weighted by Crippen LogP contribution is -3.17. The summed E-state index contributed by atoms with van der Waals surface area (Å²) >= 11 is 5.80. The van der Waals surface area contributed by atoms with E-state index in [1.165, 1.54) is 24.3 Å². The van der Waals surface area contributed by atoms with Gasteiger partial charge in [-0.25, -0.2) is 13.7 Å². The summed E-state index contributed by atoms with van der Waals surface area (Å²) < 4.78 is 26.5. The van der Waals surface area contributed by atoms with Crippen LogP contribution < -0.4 is 9.80 Å². The van der Waals surface area contributed by atoms with Crippen LogP contribution in [0.1, 0.15) is 30.7 Å². The molecule has 28 heavy (non-hydrogen) atoms. The van der Waals surface area contributed by atoms with Crippen LogP contribution in [-0.2, 0) is 9.59 Å². The lowest BCUT2D eigenvalue weighted by molar-refractivity contribution is -0.920. The first-order valence-electron chi connectivity index (χ1n) is 9.36. The number of carbonyl (C=O) groups excluding carboxylic acids is 2. The van der Waals surface area contributed by atoms with E-state index in [0.29, 0.717) is 11.6 Å². The molecule has 0 unspecified atom stereocenters. The molecule has 2 aliphatic heterocycles. The van der Waals surface area contributed by atoms with Gasteiger partial charge in [-0.3, -0.25) is 9.59 Å². The maximum absolute atomic E-state index is 13.4. The van der Waals surface area contributed by atoms with Crippen LogP contribution in [0, 0.1) is 11.6 Å². The minimum absolute atomic E-state index is 0.117. The number of amides is 2. The van der Waals surface area contributed by atoms with Crippen LogP contribution in [-0.4, -0.2) is 30.9 Å². The third-order valence-electron chi connectivity index (χ3n) is 5.77. The number of carbonyl (C=O) groups is 2. The number of anilines is 1. The van der Waals surface area contributed by atoms with Gasteiger partial charge in [0.05, 0.1) is 30.2 Å². The highest BCUT2D eigenvalue weighted by Gasteiger charge is 2.46. The zero-order valence-electron chi connectivity index (χ0n) is 15.1. The van der Waals surface area contributed by atoms with E-state index in [1.807, 2.05) is 12.1 Å². The molecule has 2 fully saturated rings. The molecule has 0 spiro atoms. The molecule has 4 rings (SSSR count). The summed E-state index contributed by atoms with van der Waals surface area (Å²) in [5.41, 5.74) is 1.42. The van der Waals surface area contributed by atoms with Gasteiger partial charge in [0.2, 0.25) is 5.91 Å². The van der Waals surface area contributed by atoms with Crippen LogP contribution in [0.4, 0.5) is 14.5 Å². The van der Waals surface area contributed by atoms with E-state index in [4.69, 9.17) is 11.6 Å². The average Bonchev–Trinajstić information content (AvgIpc) is 2.99. The topological polar surface area (TPSA) is 41.8 Å². The second-order valence-electron chi connectivity index (χ2n) is 7.41. The number of benzene rings is 2. The molecule has 0 saturated carbocycles. The predicted molar refractivity (Wildman–Crippen MR) is 101 cm³/mol. The fraction of sp³-hybridized carbons (Fsp3) is 0.333. The molecular formula is C21H20ClF2N2O2+. The largest absolute Gasteiger partial charge is 0.324 e. The molecule has 1 N–H and O–H groups in total. The fourth-order valence-corrected chi connectivity index (χ4v) is 4.43. The number of piperidine rings is 1. The quantitative estimate of drug-likeness (QED) is 0.798. The molecule has 0 radical (unpaired) electrons. The van der Waals surface area contributed by atoms with Gasteiger partial charge < -0.3 is 4.90 Å². The van der Waals surface area contributed by atoms with Gasteiger partial charge >= 0.3 is 0 Å².